The minimum Gasteiger partial charge on any atom is -0.324 e. The molecule has 3 N–H and O–H groups in total. The SMILES string of the molecule is CC(C)C(N)c1cc(F)c2c(c1)CC(=O)N2. The van der Waals surface area contributed by atoms with Crippen molar-refractivity contribution in [3.63, 3.8) is 0 Å². The maximum atomic E-state index is 13.7. The Labute approximate surface area is 93.8 Å². The third-order valence-electron chi connectivity index (χ3n) is 2.91. The van der Waals surface area contributed by atoms with Gasteiger partial charge in [-0.25, -0.2) is 4.39 Å². The van der Waals surface area contributed by atoms with Gasteiger partial charge in [0.05, 0.1) is 12.1 Å². The van der Waals surface area contributed by atoms with E-state index in [9.17, 15) is 9.18 Å². The fraction of sp³-hybridized carbons (Fsp3) is 0.417. The molecule has 1 aliphatic rings. The van der Waals surface area contributed by atoms with Crippen molar-refractivity contribution in [1.29, 1.82) is 0 Å². The van der Waals surface area contributed by atoms with E-state index in [0.717, 1.165) is 5.56 Å². The van der Waals surface area contributed by atoms with Crippen molar-refractivity contribution < 1.29 is 9.18 Å². The van der Waals surface area contributed by atoms with E-state index in [1.165, 1.54) is 6.07 Å². The summed E-state index contributed by atoms with van der Waals surface area (Å²) < 4.78 is 13.7. The molecule has 1 heterocycles. The molecule has 1 aromatic carbocycles. The molecule has 1 aliphatic heterocycles. The highest BCUT2D eigenvalue weighted by Gasteiger charge is 2.23. The number of rotatable bonds is 2. The number of carbonyl (C=O) groups is 1. The summed E-state index contributed by atoms with van der Waals surface area (Å²) in [5.41, 5.74) is 7.73. The zero-order chi connectivity index (χ0) is 11.9. The molecule has 0 saturated carbocycles. The minimum absolute atomic E-state index is 0.163. The van der Waals surface area contributed by atoms with Gasteiger partial charge in [0.15, 0.2) is 0 Å². The van der Waals surface area contributed by atoms with Gasteiger partial charge in [-0.2, -0.15) is 0 Å². The van der Waals surface area contributed by atoms with Gasteiger partial charge in [0.1, 0.15) is 5.82 Å². The standard InChI is InChI=1S/C12H15FN2O/c1-6(2)11(14)7-3-8-5-10(16)15-12(8)9(13)4-7/h3-4,6,11H,5,14H2,1-2H3,(H,15,16). The molecule has 0 fully saturated rings. The maximum Gasteiger partial charge on any atom is 0.228 e. The topological polar surface area (TPSA) is 55.1 Å². The summed E-state index contributed by atoms with van der Waals surface area (Å²) in [5, 5.41) is 2.51. The predicted molar refractivity (Wildman–Crippen MR) is 60.5 cm³/mol. The monoisotopic (exact) mass is 222 g/mol. The minimum atomic E-state index is -0.394. The van der Waals surface area contributed by atoms with Crippen molar-refractivity contribution >= 4 is 11.6 Å². The fourth-order valence-corrected chi connectivity index (χ4v) is 1.90. The van der Waals surface area contributed by atoms with E-state index in [1.807, 2.05) is 19.9 Å². The summed E-state index contributed by atoms with van der Waals surface area (Å²) in [6, 6.07) is 3.03. The highest BCUT2D eigenvalue weighted by Crippen LogP contribution is 2.30. The lowest BCUT2D eigenvalue weighted by Gasteiger charge is -2.17. The Kier molecular flexibility index (Phi) is 2.68. The highest BCUT2D eigenvalue weighted by atomic mass is 19.1. The number of amides is 1. The van der Waals surface area contributed by atoms with Crippen LogP contribution in [0.2, 0.25) is 0 Å². The first-order valence-electron chi connectivity index (χ1n) is 5.36. The van der Waals surface area contributed by atoms with Crippen LogP contribution in [0.5, 0.6) is 0 Å². The van der Waals surface area contributed by atoms with Crippen LogP contribution in [-0.4, -0.2) is 5.91 Å². The van der Waals surface area contributed by atoms with E-state index in [4.69, 9.17) is 5.73 Å². The number of benzene rings is 1. The maximum absolute atomic E-state index is 13.7. The number of fused-ring (bicyclic) bond motifs is 1. The molecule has 4 heteroatoms. The van der Waals surface area contributed by atoms with Crippen molar-refractivity contribution in [2.75, 3.05) is 5.32 Å². The molecule has 16 heavy (non-hydrogen) atoms. The molecule has 1 amide bonds. The largest absolute Gasteiger partial charge is 0.324 e. The first kappa shape index (κ1) is 11.1. The Hall–Kier alpha value is -1.42. The van der Waals surface area contributed by atoms with E-state index >= 15 is 0 Å². The zero-order valence-electron chi connectivity index (χ0n) is 9.38. The summed E-state index contributed by atoms with van der Waals surface area (Å²) in [7, 11) is 0. The van der Waals surface area contributed by atoms with E-state index in [1.54, 1.807) is 0 Å². The second-order valence-corrected chi connectivity index (χ2v) is 4.53. The number of hydrogen-bond acceptors (Lipinski definition) is 2. The Morgan fingerprint density at radius 3 is 2.75 bits per heavy atom. The van der Waals surface area contributed by atoms with Crippen LogP contribution in [0.25, 0.3) is 0 Å². The molecule has 0 spiro atoms. The van der Waals surface area contributed by atoms with Crippen LogP contribution in [0, 0.1) is 11.7 Å². The van der Waals surface area contributed by atoms with Crippen LogP contribution in [0.3, 0.4) is 0 Å². The molecule has 1 aromatic rings. The number of nitrogens with one attached hydrogen (secondary N) is 1. The van der Waals surface area contributed by atoms with Crippen molar-refractivity contribution in [2.24, 2.45) is 11.7 Å². The first-order chi connectivity index (χ1) is 7.49. The summed E-state index contributed by atoms with van der Waals surface area (Å²) >= 11 is 0. The number of carbonyl (C=O) groups excluding carboxylic acids is 1. The van der Waals surface area contributed by atoms with E-state index in [0.29, 0.717) is 11.3 Å². The summed E-state index contributed by atoms with van der Waals surface area (Å²) in [5.74, 6) is -0.318. The number of anilines is 1. The van der Waals surface area contributed by atoms with Crippen LogP contribution in [0.4, 0.5) is 10.1 Å². The van der Waals surface area contributed by atoms with Gasteiger partial charge in [-0.1, -0.05) is 19.9 Å². The van der Waals surface area contributed by atoms with Crippen molar-refractivity contribution in [3.8, 4) is 0 Å². The Morgan fingerprint density at radius 2 is 2.12 bits per heavy atom. The summed E-state index contributed by atoms with van der Waals surface area (Å²) in [4.78, 5) is 11.2. The molecule has 0 radical (unpaired) electrons. The molecule has 1 atom stereocenters. The molecular formula is C12H15FN2O. The van der Waals surface area contributed by atoms with Crippen LogP contribution in [0.15, 0.2) is 12.1 Å². The Balaban J connectivity index is 2.42. The average molecular weight is 222 g/mol. The van der Waals surface area contributed by atoms with Crippen LogP contribution >= 0.6 is 0 Å². The van der Waals surface area contributed by atoms with Crippen LogP contribution < -0.4 is 11.1 Å². The lowest BCUT2D eigenvalue weighted by atomic mass is 9.95. The lowest BCUT2D eigenvalue weighted by Crippen LogP contribution is -2.17. The number of halogens is 1. The molecule has 3 nitrogen and oxygen atoms in total. The first-order valence-corrected chi connectivity index (χ1v) is 5.36. The van der Waals surface area contributed by atoms with Gasteiger partial charge < -0.3 is 11.1 Å². The quantitative estimate of drug-likeness (QED) is 0.803. The Morgan fingerprint density at radius 1 is 1.44 bits per heavy atom. The van der Waals surface area contributed by atoms with Gasteiger partial charge >= 0.3 is 0 Å². The number of nitrogens with two attached hydrogens (primary N) is 1. The molecule has 86 valence electrons. The molecule has 0 saturated heterocycles. The Bertz CT molecular complexity index is 443. The average Bonchev–Trinajstić information content (AvgIpc) is 2.57. The van der Waals surface area contributed by atoms with Gasteiger partial charge in [0.25, 0.3) is 0 Å². The van der Waals surface area contributed by atoms with Crippen molar-refractivity contribution in [2.45, 2.75) is 26.3 Å². The van der Waals surface area contributed by atoms with Crippen LogP contribution in [-0.2, 0) is 11.2 Å². The molecule has 0 aromatic heterocycles. The van der Waals surface area contributed by atoms with E-state index < -0.39 is 5.82 Å². The van der Waals surface area contributed by atoms with Gasteiger partial charge in [-0.15, -0.1) is 0 Å². The van der Waals surface area contributed by atoms with Crippen molar-refractivity contribution in [1.82, 2.24) is 0 Å². The van der Waals surface area contributed by atoms with Gasteiger partial charge in [0, 0.05) is 6.04 Å². The summed E-state index contributed by atoms with van der Waals surface area (Å²) in [6.07, 6.45) is 0.241. The number of hydrogen-bond donors (Lipinski definition) is 2. The highest BCUT2D eigenvalue weighted by molar-refractivity contribution is 5.99. The molecular weight excluding hydrogens is 207 g/mol. The van der Waals surface area contributed by atoms with Gasteiger partial charge in [0.2, 0.25) is 5.91 Å². The predicted octanol–water partition coefficient (Wildman–Crippen LogP) is 1.98. The molecule has 1 unspecified atom stereocenters. The van der Waals surface area contributed by atoms with Crippen LogP contribution in [0.1, 0.15) is 31.0 Å². The molecule has 0 bridgehead atoms. The van der Waals surface area contributed by atoms with Crippen molar-refractivity contribution in [3.05, 3.63) is 29.1 Å². The molecule has 2 rings (SSSR count). The third-order valence-corrected chi connectivity index (χ3v) is 2.91. The smallest absolute Gasteiger partial charge is 0.228 e. The van der Waals surface area contributed by atoms with Gasteiger partial charge in [-0.3, -0.25) is 4.79 Å². The molecule has 0 aliphatic carbocycles. The fourth-order valence-electron chi connectivity index (χ4n) is 1.90. The summed E-state index contributed by atoms with van der Waals surface area (Å²) in [6.45, 7) is 3.97. The van der Waals surface area contributed by atoms with E-state index in [2.05, 4.69) is 5.32 Å². The zero-order valence-corrected chi connectivity index (χ0v) is 9.38. The van der Waals surface area contributed by atoms with E-state index in [-0.39, 0.29) is 24.3 Å². The lowest BCUT2D eigenvalue weighted by molar-refractivity contribution is -0.115. The van der Waals surface area contributed by atoms with Gasteiger partial charge in [-0.05, 0) is 23.1 Å². The second-order valence-electron chi connectivity index (χ2n) is 4.53. The third kappa shape index (κ3) is 1.80. The second kappa shape index (κ2) is 3.87. The normalized spacial score (nSPS) is 16.2.